The third-order valence-corrected chi connectivity index (χ3v) is 4.25. The fraction of sp³-hybridized carbons (Fsp3) is 0.0500. The van der Waals surface area contributed by atoms with Crippen molar-refractivity contribution >= 4 is 16.7 Å². The van der Waals surface area contributed by atoms with E-state index < -0.39 is 4.92 Å². The Morgan fingerprint density at radius 2 is 1.73 bits per heavy atom. The molecule has 6 nitrogen and oxygen atoms in total. The minimum Gasteiger partial charge on any atom is -0.508 e. The molecule has 1 heterocycles. The Balaban J connectivity index is 1.91. The maximum Gasteiger partial charge on any atom is 0.271 e. The standard InChI is InChI=1S/C20H15N3O3/c24-17-9-6-15(7-10-17)20-21-18-12-16(23(25)26)8-11-19(18)22(20)13-14-4-2-1-3-5-14/h1-12,24H,13H2. The van der Waals surface area contributed by atoms with E-state index in [1.54, 1.807) is 30.3 Å². The molecule has 0 atom stereocenters. The third-order valence-electron chi connectivity index (χ3n) is 4.25. The average molecular weight is 345 g/mol. The van der Waals surface area contributed by atoms with Gasteiger partial charge in [0.2, 0.25) is 0 Å². The summed E-state index contributed by atoms with van der Waals surface area (Å²) < 4.78 is 2.03. The highest BCUT2D eigenvalue weighted by Gasteiger charge is 2.16. The summed E-state index contributed by atoms with van der Waals surface area (Å²) in [5.74, 6) is 0.874. The van der Waals surface area contributed by atoms with Crippen molar-refractivity contribution in [3.05, 3.63) is 88.5 Å². The lowest BCUT2D eigenvalue weighted by Crippen LogP contribution is -2.02. The smallest absolute Gasteiger partial charge is 0.271 e. The second kappa shape index (κ2) is 6.33. The van der Waals surface area contributed by atoms with Crippen LogP contribution in [0, 0.1) is 10.1 Å². The van der Waals surface area contributed by atoms with Gasteiger partial charge in [-0.1, -0.05) is 30.3 Å². The number of rotatable bonds is 4. The van der Waals surface area contributed by atoms with Gasteiger partial charge in [-0.15, -0.1) is 0 Å². The summed E-state index contributed by atoms with van der Waals surface area (Å²) in [5.41, 5.74) is 3.34. The van der Waals surface area contributed by atoms with Crippen molar-refractivity contribution in [1.82, 2.24) is 9.55 Å². The minimum absolute atomic E-state index is 0.0131. The highest BCUT2D eigenvalue weighted by atomic mass is 16.6. The fourth-order valence-corrected chi connectivity index (χ4v) is 2.99. The lowest BCUT2D eigenvalue weighted by atomic mass is 10.2. The number of imidazole rings is 1. The molecule has 0 fully saturated rings. The van der Waals surface area contributed by atoms with Crippen molar-refractivity contribution in [2.45, 2.75) is 6.54 Å². The Labute approximate surface area is 149 Å². The van der Waals surface area contributed by atoms with Gasteiger partial charge >= 0.3 is 0 Å². The predicted octanol–water partition coefficient (Wildman–Crippen LogP) is 4.37. The Morgan fingerprint density at radius 1 is 1.00 bits per heavy atom. The first-order chi connectivity index (χ1) is 12.6. The minimum atomic E-state index is -0.421. The van der Waals surface area contributed by atoms with E-state index in [9.17, 15) is 15.2 Å². The molecule has 26 heavy (non-hydrogen) atoms. The van der Waals surface area contributed by atoms with Gasteiger partial charge in [0.15, 0.2) is 0 Å². The van der Waals surface area contributed by atoms with Gasteiger partial charge in [-0.2, -0.15) is 0 Å². The molecule has 4 aromatic rings. The number of nitrogens with zero attached hydrogens (tertiary/aromatic N) is 3. The van der Waals surface area contributed by atoms with E-state index in [4.69, 9.17) is 0 Å². The summed E-state index contributed by atoms with van der Waals surface area (Å²) in [6, 6.07) is 21.4. The van der Waals surface area contributed by atoms with E-state index in [1.165, 1.54) is 12.1 Å². The van der Waals surface area contributed by atoms with Crippen LogP contribution >= 0.6 is 0 Å². The zero-order chi connectivity index (χ0) is 18.1. The molecule has 0 aliphatic rings. The summed E-state index contributed by atoms with van der Waals surface area (Å²) in [4.78, 5) is 15.3. The van der Waals surface area contributed by atoms with Crippen LogP contribution in [0.2, 0.25) is 0 Å². The zero-order valence-corrected chi connectivity index (χ0v) is 13.7. The van der Waals surface area contributed by atoms with Crippen LogP contribution in [0.5, 0.6) is 5.75 Å². The van der Waals surface area contributed by atoms with Crippen LogP contribution < -0.4 is 0 Å². The third kappa shape index (κ3) is 2.88. The number of phenols is 1. The number of nitro groups is 1. The summed E-state index contributed by atoms with van der Waals surface area (Å²) in [5, 5.41) is 20.6. The maximum atomic E-state index is 11.1. The molecular formula is C20H15N3O3. The van der Waals surface area contributed by atoms with E-state index in [2.05, 4.69) is 4.98 Å². The van der Waals surface area contributed by atoms with Gasteiger partial charge in [0.05, 0.1) is 16.0 Å². The Bertz CT molecular complexity index is 1090. The van der Waals surface area contributed by atoms with E-state index in [-0.39, 0.29) is 11.4 Å². The van der Waals surface area contributed by atoms with Crippen molar-refractivity contribution in [2.75, 3.05) is 0 Å². The van der Waals surface area contributed by atoms with Crippen molar-refractivity contribution in [3.63, 3.8) is 0 Å². The van der Waals surface area contributed by atoms with Gasteiger partial charge in [-0.05, 0) is 35.9 Å². The summed E-state index contributed by atoms with van der Waals surface area (Å²) in [6.45, 7) is 0.589. The first-order valence-corrected chi connectivity index (χ1v) is 8.10. The molecule has 0 aliphatic heterocycles. The lowest BCUT2D eigenvalue weighted by molar-refractivity contribution is -0.384. The quantitative estimate of drug-likeness (QED) is 0.440. The highest BCUT2D eigenvalue weighted by molar-refractivity contribution is 5.83. The molecule has 0 radical (unpaired) electrons. The topological polar surface area (TPSA) is 81.2 Å². The lowest BCUT2D eigenvalue weighted by Gasteiger charge is -2.10. The van der Waals surface area contributed by atoms with Crippen molar-refractivity contribution < 1.29 is 10.0 Å². The number of fused-ring (bicyclic) bond motifs is 1. The van der Waals surface area contributed by atoms with Gasteiger partial charge in [-0.25, -0.2) is 4.98 Å². The van der Waals surface area contributed by atoms with Gasteiger partial charge in [0, 0.05) is 24.2 Å². The second-order valence-corrected chi connectivity index (χ2v) is 5.98. The van der Waals surface area contributed by atoms with Crippen LogP contribution in [0.3, 0.4) is 0 Å². The largest absolute Gasteiger partial charge is 0.508 e. The van der Waals surface area contributed by atoms with Crippen molar-refractivity contribution in [2.24, 2.45) is 0 Å². The molecule has 3 aromatic carbocycles. The number of phenolic OH excluding ortho intramolecular Hbond substituents is 1. The number of hydrogen-bond donors (Lipinski definition) is 1. The SMILES string of the molecule is O=[N+]([O-])c1ccc2c(c1)nc(-c1ccc(O)cc1)n2Cc1ccccc1. The number of aromatic hydroxyl groups is 1. The Morgan fingerprint density at radius 3 is 2.42 bits per heavy atom. The predicted molar refractivity (Wildman–Crippen MR) is 99.0 cm³/mol. The molecule has 0 saturated carbocycles. The van der Waals surface area contributed by atoms with Gasteiger partial charge in [0.25, 0.3) is 5.69 Å². The number of aromatic nitrogens is 2. The molecule has 0 saturated heterocycles. The molecule has 128 valence electrons. The van der Waals surface area contributed by atoms with Crippen LogP contribution in [-0.2, 0) is 6.54 Å². The number of benzene rings is 3. The summed E-state index contributed by atoms with van der Waals surface area (Å²) in [7, 11) is 0. The molecule has 0 bridgehead atoms. The molecule has 1 aromatic heterocycles. The van der Waals surface area contributed by atoms with Crippen LogP contribution in [-0.4, -0.2) is 19.6 Å². The zero-order valence-electron chi connectivity index (χ0n) is 13.7. The molecule has 1 N–H and O–H groups in total. The Hall–Kier alpha value is -3.67. The summed E-state index contributed by atoms with van der Waals surface area (Å²) in [6.07, 6.45) is 0. The van der Waals surface area contributed by atoms with E-state index >= 15 is 0 Å². The molecule has 0 spiro atoms. The number of hydrogen-bond acceptors (Lipinski definition) is 4. The molecule has 6 heteroatoms. The molecule has 0 amide bonds. The highest BCUT2D eigenvalue weighted by Crippen LogP contribution is 2.29. The fourth-order valence-electron chi connectivity index (χ4n) is 2.99. The monoisotopic (exact) mass is 345 g/mol. The van der Waals surface area contributed by atoms with E-state index in [0.29, 0.717) is 17.9 Å². The van der Waals surface area contributed by atoms with Crippen LogP contribution in [0.1, 0.15) is 5.56 Å². The normalized spacial score (nSPS) is 10.9. The van der Waals surface area contributed by atoms with Crippen LogP contribution in [0.4, 0.5) is 5.69 Å². The number of non-ortho nitro benzene ring substituents is 1. The van der Waals surface area contributed by atoms with Crippen LogP contribution in [0.25, 0.3) is 22.4 Å². The maximum absolute atomic E-state index is 11.1. The van der Waals surface area contributed by atoms with Gasteiger partial charge < -0.3 is 9.67 Å². The first kappa shape index (κ1) is 15.8. The van der Waals surface area contributed by atoms with Gasteiger partial charge in [0.1, 0.15) is 11.6 Å². The second-order valence-electron chi connectivity index (χ2n) is 5.98. The molecular weight excluding hydrogens is 330 g/mol. The van der Waals surface area contributed by atoms with Crippen molar-refractivity contribution in [1.29, 1.82) is 0 Å². The Kier molecular flexibility index (Phi) is 3.85. The van der Waals surface area contributed by atoms with Gasteiger partial charge in [-0.3, -0.25) is 10.1 Å². The first-order valence-electron chi connectivity index (χ1n) is 8.10. The molecule has 0 unspecified atom stereocenters. The van der Waals surface area contributed by atoms with E-state index in [1.807, 2.05) is 34.9 Å². The van der Waals surface area contributed by atoms with Crippen molar-refractivity contribution in [3.8, 4) is 17.1 Å². The molecule has 4 rings (SSSR count). The average Bonchev–Trinajstić information content (AvgIpc) is 3.01. The summed E-state index contributed by atoms with van der Waals surface area (Å²) >= 11 is 0. The van der Waals surface area contributed by atoms with Crippen LogP contribution in [0.15, 0.2) is 72.8 Å². The van der Waals surface area contributed by atoms with E-state index in [0.717, 1.165) is 16.6 Å². The molecule has 0 aliphatic carbocycles. The number of nitro benzene ring substituents is 1.